The quantitative estimate of drug-likeness (QED) is 0.460. The molecule has 0 amide bonds. The Hall–Kier alpha value is -0.890. The Morgan fingerprint density at radius 3 is 3.00 bits per heavy atom. The number of nitrogens with two attached hydrogens (primary N) is 1. The van der Waals surface area contributed by atoms with Gasteiger partial charge in [0.25, 0.3) is 0 Å². The van der Waals surface area contributed by atoms with Crippen LogP contribution in [0.1, 0.15) is 26.7 Å². The molecule has 5 nitrogen and oxygen atoms in total. The minimum absolute atomic E-state index is 0. The number of nitrogens with one attached hydrogen (secondary N) is 1. The van der Waals surface area contributed by atoms with Gasteiger partial charge < -0.3 is 15.8 Å². The number of rotatable bonds is 4. The van der Waals surface area contributed by atoms with E-state index in [0.717, 1.165) is 19.4 Å². The molecule has 0 bridgehead atoms. The van der Waals surface area contributed by atoms with Gasteiger partial charge >= 0.3 is 0 Å². The van der Waals surface area contributed by atoms with Crippen LogP contribution in [0.3, 0.4) is 0 Å². The van der Waals surface area contributed by atoms with Crippen LogP contribution in [0.25, 0.3) is 0 Å². The van der Waals surface area contributed by atoms with Gasteiger partial charge in [-0.15, -0.1) is 24.0 Å². The predicted octanol–water partition coefficient (Wildman–Crippen LogP) is 2.88. The Morgan fingerprint density at radius 1 is 1.52 bits per heavy atom. The van der Waals surface area contributed by atoms with E-state index in [0.29, 0.717) is 30.2 Å². The second kappa shape index (κ2) is 9.19. The highest BCUT2D eigenvalue weighted by Gasteiger charge is 2.28. The van der Waals surface area contributed by atoms with Crippen molar-refractivity contribution < 1.29 is 4.74 Å². The van der Waals surface area contributed by atoms with Crippen molar-refractivity contribution in [2.45, 2.75) is 32.8 Å². The highest BCUT2D eigenvalue weighted by atomic mass is 127. The molecule has 1 saturated heterocycles. The topological polar surface area (TPSA) is 72.5 Å². The smallest absolute Gasteiger partial charge is 0.194 e. The van der Waals surface area contributed by atoms with E-state index >= 15 is 0 Å². The lowest BCUT2D eigenvalue weighted by atomic mass is 9.87. The van der Waals surface area contributed by atoms with Crippen molar-refractivity contribution in [3.63, 3.8) is 0 Å². The first kappa shape index (κ1) is 18.2. The molecule has 2 unspecified atom stereocenters. The average Bonchev–Trinajstić information content (AvgIpc) is 2.46. The van der Waals surface area contributed by atoms with Gasteiger partial charge in [-0.3, -0.25) is 4.99 Å². The van der Waals surface area contributed by atoms with Gasteiger partial charge in [0, 0.05) is 25.3 Å². The third-order valence-electron chi connectivity index (χ3n) is 3.57. The van der Waals surface area contributed by atoms with E-state index in [2.05, 4.69) is 29.1 Å². The second-order valence-corrected chi connectivity index (χ2v) is 5.55. The summed E-state index contributed by atoms with van der Waals surface area (Å²) in [4.78, 5) is 8.60. The normalized spacial score (nSPS) is 22.7. The molecule has 0 aliphatic carbocycles. The molecule has 118 valence electrons. The van der Waals surface area contributed by atoms with Crippen LogP contribution in [0.15, 0.2) is 29.4 Å². The summed E-state index contributed by atoms with van der Waals surface area (Å²) in [5, 5.41) is 3.00. The largest absolute Gasteiger partial charge is 0.378 e. The molecule has 2 rings (SSSR count). The van der Waals surface area contributed by atoms with Crippen LogP contribution in [0.4, 0.5) is 5.82 Å². The molecule has 0 radical (unpaired) electrons. The summed E-state index contributed by atoms with van der Waals surface area (Å²) in [5.41, 5.74) is 5.90. The molecule has 0 saturated carbocycles. The Morgan fingerprint density at radius 2 is 2.33 bits per heavy atom. The first-order valence-corrected chi connectivity index (χ1v) is 7.26. The van der Waals surface area contributed by atoms with Gasteiger partial charge in [-0.1, -0.05) is 19.9 Å². The van der Waals surface area contributed by atoms with Crippen LogP contribution in [-0.2, 0) is 4.74 Å². The monoisotopic (exact) mass is 404 g/mol. The van der Waals surface area contributed by atoms with Crippen LogP contribution < -0.4 is 11.1 Å². The van der Waals surface area contributed by atoms with Crippen LogP contribution in [0, 0.1) is 11.8 Å². The van der Waals surface area contributed by atoms with Crippen LogP contribution in [0.2, 0.25) is 0 Å². The van der Waals surface area contributed by atoms with Gasteiger partial charge in [-0.05, 0) is 30.9 Å². The molecular weight excluding hydrogens is 379 g/mol. The maximum absolute atomic E-state index is 5.90. The van der Waals surface area contributed by atoms with Crippen molar-refractivity contribution >= 4 is 35.8 Å². The molecule has 2 atom stereocenters. The van der Waals surface area contributed by atoms with Crippen molar-refractivity contribution in [3.8, 4) is 0 Å². The summed E-state index contributed by atoms with van der Waals surface area (Å²) in [7, 11) is 0. The number of aromatic nitrogens is 1. The zero-order chi connectivity index (χ0) is 14.4. The number of hydrogen-bond acceptors (Lipinski definition) is 3. The summed E-state index contributed by atoms with van der Waals surface area (Å²) >= 11 is 0. The maximum atomic E-state index is 5.90. The number of hydrogen-bond donors (Lipinski definition) is 2. The van der Waals surface area contributed by atoms with Gasteiger partial charge in [-0.25, -0.2) is 4.98 Å². The van der Waals surface area contributed by atoms with Crippen molar-refractivity contribution in [1.29, 1.82) is 0 Å². The molecule has 6 heteroatoms. The summed E-state index contributed by atoms with van der Waals surface area (Å²) in [6.45, 7) is 5.96. The average molecular weight is 404 g/mol. The van der Waals surface area contributed by atoms with Crippen LogP contribution >= 0.6 is 24.0 Å². The molecule has 1 aromatic heterocycles. The summed E-state index contributed by atoms with van der Waals surface area (Å²) < 4.78 is 5.86. The number of guanidine groups is 1. The lowest BCUT2D eigenvalue weighted by Gasteiger charge is -2.33. The van der Waals surface area contributed by atoms with E-state index in [1.54, 1.807) is 6.20 Å². The molecule has 1 aliphatic rings. The molecular formula is C15H25IN4O. The van der Waals surface area contributed by atoms with Gasteiger partial charge in [-0.2, -0.15) is 0 Å². The third-order valence-corrected chi connectivity index (χ3v) is 3.57. The molecule has 0 spiro atoms. The highest BCUT2D eigenvalue weighted by Crippen LogP contribution is 2.26. The number of pyridine rings is 1. The number of nitrogens with zero attached hydrogens (tertiary/aromatic N) is 2. The number of aliphatic imine (C=N–C) groups is 1. The lowest BCUT2D eigenvalue weighted by Crippen LogP contribution is -2.36. The van der Waals surface area contributed by atoms with Gasteiger partial charge in [0.1, 0.15) is 5.82 Å². The van der Waals surface area contributed by atoms with Gasteiger partial charge in [0.05, 0.1) is 6.10 Å². The standard InChI is InChI=1S/C15H24N4O.HI/c1-11(2)14-12(6-5-9-20-14)10-18-15(16)19-13-7-3-4-8-17-13;/h3-4,7-8,11-12,14H,5-6,9-10H2,1-2H3,(H3,16,17,18,19);1H. The fourth-order valence-corrected chi connectivity index (χ4v) is 2.62. The number of anilines is 1. The fourth-order valence-electron chi connectivity index (χ4n) is 2.62. The van der Waals surface area contributed by atoms with E-state index in [9.17, 15) is 0 Å². The number of ether oxygens (including phenoxy) is 1. The minimum Gasteiger partial charge on any atom is -0.378 e. The first-order valence-electron chi connectivity index (χ1n) is 7.26. The van der Waals surface area contributed by atoms with Crippen molar-refractivity contribution in [1.82, 2.24) is 4.98 Å². The van der Waals surface area contributed by atoms with Crippen molar-refractivity contribution in [3.05, 3.63) is 24.4 Å². The van der Waals surface area contributed by atoms with Gasteiger partial charge in [0.2, 0.25) is 0 Å². The van der Waals surface area contributed by atoms with E-state index in [1.807, 2.05) is 18.2 Å². The zero-order valence-corrected chi connectivity index (χ0v) is 15.0. The molecule has 21 heavy (non-hydrogen) atoms. The fraction of sp³-hybridized carbons (Fsp3) is 0.600. The third kappa shape index (κ3) is 5.78. The SMILES string of the molecule is CC(C)C1OCCCC1CN=C(N)Nc1ccccn1.I. The van der Waals surface area contributed by atoms with Crippen molar-refractivity contribution in [2.75, 3.05) is 18.5 Å². The Labute approximate surface area is 143 Å². The zero-order valence-electron chi connectivity index (χ0n) is 12.7. The maximum Gasteiger partial charge on any atom is 0.194 e. The lowest BCUT2D eigenvalue weighted by molar-refractivity contribution is -0.0491. The number of halogens is 1. The van der Waals surface area contributed by atoms with E-state index < -0.39 is 0 Å². The highest BCUT2D eigenvalue weighted by molar-refractivity contribution is 14.0. The Balaban J connectivity index is 0.00000220. The molecule has 1 aromatic rings. The molecule has 1 aliphatic heterocycles. The van der Waals surface area contributed by atoms with Gasteiger partial charge in [0.15, 0.2) is 5.96 Å². The summed E-state index contributed by atoms with van der Waals surface area (Å²) in [5.74, 6) is 2.10. The van der Waals surface area contributed by atoms with Crippen molar-refractivity contribution in [2.24, 2.45) is 22.6 Å². The van der Waals surface area contributed by atoms with E-state index in [4.69, 9.17) is 10.5 Å². The Bertz CT molecular complexity index is 439. The summed E-state index contributed by atoms with van der Waals surface area (Å²) in [6.07, 6.45) is 4.27. The first-order chi connectivity index (χ1) is 9.66. The Kier molecular flexibility index (Phi) is 7.95. The van der Waals surface area contributed by atoms with E-state index in [1.165, 1.54) is 0 Å². The predicted molar refractivity (Wildman–Crippen MR) is 97.1 cm³/mol. The van der Waals surface area contributed by atoms with Crippen LogP contribution in [-0.4, -0.2) is 30.2 Å². The molecule has 2 heterocycles. The molecule has 3 N–H and O–H groups in total. The second-order valence-electron chi connectivity index (χ2n) is 5.55. The minimum atomic E-state index is 0. The summed E-state index contributed by atoms with van der Waals surface area (Å²) in [6, 6.07) is 5.64. The molecule has 1 fully saturated rings. The molecule has 0 aromatic carbocycles. The van der Waals surface area contributed by atoms with Crippen LogP contribution in [0.5, 0.6) is 0 Å². The van der Waals surface area contributed by atoms with E-state index in [-0.39, 0.29) is 30.1 Å².